The normalized spacial score (nSPS) is 11.1. The second-order valence-corrected chi connectivity index (χ2v) is 7.69. The predicted octanol–water partition coefficient (Wildman–Crippen LogP) is 5.35. The summed E-state index contributed by atoms with van der Waals surface area (Å²) in [4.78, 5) is 30.6. The third kappa shape index (κ3) is 7.05. The number of carbonyl (C=O) groups is 2. The smallest absolute Gasteiger partial charge is 0.416 e. The molecule has 2 aromatic carbocycles. The van der Waals surface area contributed by atoms with Gasteiger partial charge in [0.1, 0.15) is 17.2 Å². The van der Waals surface area contributed by atoms with Gasteiger partial charge in [-0.25, -0.2) is 0 Å². The summed E-state index contributed by atoms with van der Waals surface area (Å²) < 4.78 is 44.5. The Morgan fingerprint density at radius 1 is 0.971 bits per heavy atom. The van der Waals surface area contributed by atoms with E-state index >= 15 is 0 Å². The molecule has 6 nitrogen and oxygen atoms in total. The Balaban J connectivity index is 1.60. The third-order valence-corrected chi connectivity index (χ3v) is 5.29. The Kier molecular flexibility index (Phi) is 8.46. The van der Waals surface area contributed by atoms with Crippen molar-refractivity contribution in [1.29, 1.82) is 0 Å². The van der Waals surface area contributed by atoms with Crippen LogP contribution in [0.4, 0.5) is 13.2 Å². The van der Waals surface area contributed by atoms with E-state index in [0.29, 0.717) is 36.7 Å². The highest BCUT2D eigenvalue weighted by molar-refractivity contribution is 5.94. The fourth-order valence-electron chi connectivity index (χ4n) is 3.42. The number of benzene rings is 2. The topological polar surface area (TPSA) is 71.5 Å². The summed E-state index contributed by atoms with van der Waals surface area (Å²) in [6.07, 6.45) is -2.55. The number of halogens is 3. The first-order chi connectivity index (χ1) is 16.7. The molecule has 0 spiro atoms. The summed E-state index contributed by atoms with van der Waals surface area (Å²) in [7, 11) is 0. The number of ether oxygens (including phenoxy) is 1. The van der Waals surface area contributed by atoms with Crippen molar-refractivity contribution in [3.05, 3.63) is 89.2 Å². The van der Waals surface area contributed by atoms with Crippen LogP contribution < -0.4 is 10.1 Å². The zero-order valence-electron chi connectivity index (χ0n) is 19.4. The predicted molar refractivity (Wildman–Crippen MR) is 125 cm³/mol. The van der Waals surface area contributed by atoms with E-state index in [2.05, 4.69) is 10.3 Å². The van der Waals surface area contributed by atoms with Crippen molar-refractivity contribution >= 4 is 11.8 Å². The van der Waals surface area contributed by atoms with Gasteiger partial charge in [-0.1, -0.05) is 18.2 Å². The summed E-state index contributed by atoms with van der Waals surface area (Å²) in [5.41, 5.74) is 0.234. The number of hydrogen-bond donors (Lipinski definition) is 1. The van der Waals surface area contributed by atoms with Gasteiger partial charge < -0.3 is 15.0 Å². The first kappa shape index (κ1) is 25.7. The van der Waals surface area contributed by atoms with Gasteiger partial charge in [-0.2, -0.15) is 13.2 Å². The van der Waals surface area contributed by atoms with Gasteiger partial charge in [-0.05, 0) is 62.2 Å². The zero-order chi connectivity index (χ0) is 25.4. The molecule has 1 aromatic heterocycles. The highest BCUT2D eigenvalue weighted by Gasteiger charge is 2.30. The molecule has 0 saturated heterocycles. The lowest BCUT2D eigenvalue weighted by Gasteiger charge is -2.18. The Morgan fingerprint density at radius 2 is 1.69 bits per heavy atom. The minimum absolute atomic E-state index is 0.0512. The number of alkyl halides is 3. The molecule has 184 valence electrons. The number of carbonyl (C=O) groups excluding carboxylic acids is 2. The molecule has 1 N–H and O–H groups in total. The molecule has 0 saturated carbocycles. The van der Waals surface area contributed by atoms with Crippen molar-refractivity contribution < 1.29 is 27.5 Å². The Morgan fingerprint density at radius 3 is 2.40 bits per heavy atom. The van der Waals surface area contributed by atoms with Gasteiger partial charge in [0.2, 0.25) is 0 Å². The van der Waals surface area contributed by atoms with E-state index < -0.39 is 17.6 Å². The maximum atomic E-state index is 12.9. The molecule has 0 radical (unpaired) electrons. The summed E-state index contributed by atoms with van der Waals surface area (Å²) in [6, 6.07) is 14.7. The maximum Gasteiger partial charge on any atom is 0.416 e. The van der Waals surface area contributed by atoms with E-state index in [0.717, 1.165) is 17.7 Å². The Bertz CT molecular complexity index is 1180. The van der Waals surface area contributed by atoms with Gasteiger partial charge in [-0.3, -0.25) is 14.6 Å². The second-order valence-electron chi connectivity index (χ2n) is 7.69. The molecule has 9 heteroatoms. The van der Waals surface area contributed by atoms with Crippen LogP contribution in [0.1, 0.15) is 45.8 Å². The molecule has 1 heterocycles. The molecule has 0 unspecified atom stereocenters. The van der Waals surface area contributed by atoms with E-state index in [1.807, 2.05) is 19.9 Å². The van der Waals surface area contributed by atoms with Crippen molar-refractivity contribution in [2.75, 3.05) is 19.6 Å². The lowest BCUT2D eigenvalue weighted by atomic mass is 10.1. The first-order valence-electron chi connectivity index (χ1n) is 11.2. The molecule has 2 amide bonds. The van der Waals surface area contributed by atoms with Crippen LogP contribution in [0.3, 0.4) is 0 Å². The van der Waals surface area contributed by atoms with E-state index in [9.17, 15) is 22.8 Å². The van der Waals surface area contributed by atoms with Gasteiger partial charge in [0.05, 0.1) is 5.56 Å². The average molecular weight is 486 g/mol. The maximum absolute atomic E-state index is 12.9. The zero-order valence-corrected chi connectivity index (χ0v) is 19.4. The van der Waals surface area contributed by atoms with Crippen molar-refractivity contribution in [2.45, 2.75) is 26.4 Å². The van der Waals surface area contributed by atoms with Gasteiger partial charge in [0.25, 0.3) is 11.8 Å². The fourth-order valence-corrected chi connectivity index (χ4v) is 3.42. The van der Waals surface area contributed by atoms with Gasteiger partial charge in [0, 0.05) is 37.5 Å². The van der Waals surface area contributed by atoms with Crippen molar-refractivity contribution in [3.8, 4) is 11.5 Å². The van der Waals surface area contributed by atoms with Gasteiger partial charge in [0.15, 0.2) is 0 Å². The largest absolute Gasteiger partial charge is 0.457 e. The Hall–Kier alpha value is -3.88. The SMILES string of the molecule is CCN(CC)C(=O)c1cc(Oc2cccc(CCNC(=O)c3cccc(C(F)(F)F)c3)c2)ccn1. The summed E-state index contributed by atoms with van der Waals surface area (Å²) in [5.74, 6) is 0.251. The molecule has 0 aliphatic heterocycles. The standard InChI is InChI=1S/C26H26F3N3O3/c1-3-32(4-2)25(34)23-17-22(12-14-30-23)35-21-10-5-7-18(15-21)11-13-31-24(33)19-8-6-9-20(16-19)26(27,28)29/h5-10,12,14-17H,3-4,11,13H2,1-2H3,(H,31,33). The lowest BCUT2D eigenvalue weighted by molar-refractivity contribution is -0.137. The van der Waals surface area contributed by atoms with Crippen LogP contribution in [-0.4, -0.2) is 41.3 Å². The molecule has 3 rings (SSSR count). The van der Waals surface area contributed by atoms with Crippen molar-refractivity contribution in [2.24, 2.45) is 0 Å². The minimum Gasteiger partial charge on any atom is -0.457 e. The summed E-state index contributed by atoms with van der Waals surface area (Å²) in [5, 5.41) is 2.64. The van der Waals surface area contributed by atoms with E-state index in [1.165, 1.54) is 18.3 Å². The van der Waals surface area contributed by atoms with Crippen LogP contribution in [0, 0.1) is 0 Å². The number of pyridine rings is 1. The molecule has 0 aliphatic carbocycles. The number of nitrogens with zero attached hydrogens (tertiary/aromatic N) is 2. The minimum atomic E-state index is -4.51. The summed E-state index contributed by atoms with van der Waals surface area (Å²) >= 11 is 0. The van der Waals surface area contributed by atoms with Crippen LogP contribution in [0.5, 0.6) is 11.5 Å². The quantitative estimate of drug-likeness (QED) is 0.444. The summed E-state index contributed by atoms with van der Waals surface area (Å²) in [6.45, 7) is 5.18. The van der Waals surface area contributed by atoms with Crippen LogP contribution >= 0.6 is 0 Å². The van der Waals surface area contributed by atoms with E-state index in [1.54, 1.807) is 35.2 Å². The number of aromatic nitrogens is 1. The highest BCUT2D eigenvalue weighted by Crippen LogP contribution is 2.29. The van der Waals surface area contributed by atoms with Crippen LogP contribution in [-0.2, 0) is 12.6 Å². The third-order valence-electron chi connectivity index (χ3n) is 5.29. The molecule has 0 fully saturated rings. The van der Waals surface area contributed by atoms with Gasteiger partial charge in [-0.15, -0.1) is 0 Å². The fraction of sp³-hybridized carbons (Fsp3) is 0.269. The number of nitrogens with one attached hydrogen (secondary N) is 1. The molecule has 35 heavy (non-hydrogen) atoms. The molecule has 0 bridgehead atoms. The molecule has 0 atom stereocenters. The van der Waals surface area contributed by atoms with Crippen molar-refractivity contribution in [3.63, 3.8) is 0 Å². The van der Waals surface area contributed by atoms with Crippen LogP contribution in [0.2, 0.25) is 0 Å². The number of hydrogen-bond acceptors (Lipinski definition) is 4. The van der Waals surface area contributed by atoms with Crippen molar-refractivity contribution in [1.82, 2.24) is 15.2 Å². The lowest BCUT2D eigenvalue weighted by Crippen LogP contribution is -2.31. The molecular formula is C26H26F3N3O3. The molecule has 3 aromatic rings. The monoisotopic (exact) mass is 485 g/mol. The van der Waals surface area contributed by atoms with Crippen LogP contribution in [0.25, 0.3) is 0 Å². The second kappa shape index (κ2) is 11.5. The number of amides is 2. The molecule has 0 aliphatic rings. The first-order valence-corrected chi connectivity index (χ1v) is 11.2. The molecular weight excluding hydrogens is 459 g/mol. The van der Waals surface area contributed by atoms with E-state index in [4.69, 9.17) is 4.74 Å². The van der Waals surface area contributed by atoms with Crippen LogP contribution in [0.15, 0.2) is 66.9 Å². The number of rotatable bonds is 9. The van der Waals surface area contributed by atoms with E-state index in [-0.39, 0.29) is 18.0 Å². The average Bonchev–Trinajstić information content (AvgIpc) is 2.84. The highest BCUT2D eigenvalue weighted by atomic mass is 19.4. The Labute approximate surface area is 201 Å². The van der Waals surface area contributed by atoms with Gasteiger partial charge >= 0.3 is 6.18 Å².